The monoisotopic (exact) mass is 358 g/mol. The second-order valence-corrected chi connectivity index (χ2v) is 5.81. The lowest BCUT2D eigenvalue weighted by Gasteiger charge is -2.00. The van der Waals surface area contributed by atoms with Gasteiger partial charge in [-0.2, -0.15) is 0 Å². The Morgan fingerprint density at radius 2 is 1.77 bits per heavy atom. The number of carbonyl (C=O) groups excluding carboxylic acids is 1. The number of carbonyl (C=O) groups is 1. The SMILES string of the molecule is O=C1NC(Cc2ccc(F)cc2)=N/C1=C/c1ccc(Br)cc1. The quantitative estimate of drug-likeness (QED) is 0.835. The van der Waals surface area contributed by atoms with Crippen LogP contribution < -0.4 is 5.32 Å². The van der Waals surface area contributed by atoms with E-state index in [-0.39, 0.29) is 11.7 Å². The van der Waals surface area contributed by atoms with Gasteiger partial charge in [-0.15, -0.1) is 0 Å². The summed E-state index contributed by atoms with van der Waals surface area (Å²) < 4.78 is 13.9. The van der Waals surface area contributed by atoms with Crippen molar-refractivity contribution in [1.82, 2.24) is 5.32 Å². The molecule has 22 heavy (non-hydrogen) atoms. The topological polar surface area (TPSA) is 41.5 Å². The van der Waals surface area contributed by atoms with Gasteiger partial charge < -0.3 is 5.32 Å². The average Bonchev–Trinajstić information content (AvgIpc) is 2.84. The molecule has 1 aliphatic heterocycles. The Hall–Kier alpha value is -2.27. The van der Waals surface area contributed by atoms with Crippen LogP contribution in [0, 0.1) is 5.82 Å². The predicted octanol–water partition coefficient (Wildman–Crippen LogP) is 3.70. The molecule has 1 amide bonds. The number of nitrogens with zero attached hydrogens (tertiary/aromatic N) is 1. The van der Waals surface area contributed by atoms with E-state index in [1.807, 2.05) is 24.3 Å². The number of rotatable bonds is 3. The van der Waals surface area contributed by atoms with Gasteiger partial charge in [0.1, 0.15) is 17.3 Å². The summed E-state index contributed by atoms with van der Waals surface area (Å²) in [5.41, 5.74) is 2.17. The van der Waals surface area contributed by atoms with Crippen LogP contribution in [0.5, 0.6) is 0 Å². The molecule has 0 aliphatic carbocycles. The highest BCUT2D eigenvalue weighted by Gasteiger charge is 2.19. The predicted molar refractivity (Wildman–Crippen MR) is 87.8 cm³/mol. The zero-order chi connectivity index (χ0) is 15.5. The number of hydrogen-bond acceptors (Lipinski definition) is 2. The molecule has 2 aromatic rings. The van der Waals surface area contributed by atoms with Gasteiger partial charge in [0.15, 0.2) is 0 Å². The second kappa shape index (κ2) is 6.23. The molecule has 0 bridgehead atoms. The fourth-order valence-electron chi connectivity index (χ4n) is 2.11. The van der Waals surface area contributed by atoms with Crippen molar-refractivity contribution < 1.29 is 9.18 Å². The van der Waals surface area contributed by atoms with E-state index < -0.39 is 0 Å². The Labute approximate surface area is 135 Å². The van der Waals surface area contributed by atoms with Gasteiger partial charge in [0.2, 0.25) is 0 Å². The zero-order valence-electron chi connectivity index (χ0n) is 11.5. The van der Waals surface area contributed by atoms with Gasteiger partial charge in [-0.05, 0) is 41.5 Å². The van der Waals surface area contributed by atoms with E-state index in [0.717, 1.165) is 15.6 Å². The lowest BCUT2D eigenvalue weighted by molar-refractivity contribution is -0.115. The first kappa shape index (κ1) is 14.7. The van der Waals surface area contributed by atoms with Crippen LogP contribution in [0.25, 0.3) is 6.08 Å². The molecule has 0 saturated heterocycles. The molecule has 0 unspecified atom stereocenters. The van der Waals surface area contributed by atoms with E-state index in [1.54, 1.807) is 18.2 Å². The van der Waals surface area contributed by atoms with Crippen LogP contribution in [0.3, 0.4) is 0 Å². The van der Waals surface area contributed by atoms with Crippen LogP contribution in [0.1, 0.15) is 11.1 Å². The Kier molecular flexibility index (Phi) is 4.15. The molecule has 0 saturated carbocycles. The average molecular weight is 359 g/mol. The summed E-state index contributed by atoms with van der Waals surface area (Å²) in [5, 5.41) is 2.74. The molecule has 3 rings (SSSR count). The minimum Gasteiger partial charge on any atom is -0.308 e. The van der Waals surface area contributed by atoms with Crippen LogP contribution in [0.4, 0.5) is 4.39 Å². The number of nitrogens with one attached hydrogen (secondary N) is 1. The molecule has 0 spiro atoms. The van der Waals surface area contributed by atoms with Gasteiger partial charge in [-0.1, -0.05) is 40.2 Å². The van der Waals surface area contributed by atoms with Crippen molar-refractivity contribution in [2.45, 2.75) is 6.42 Å². The fourth-order valence-corrected chi connectivity index (χ4v) is 2.38. The molecular weight excluding hydrogens is 347 g/mol. The minimum atomic E-state index is -0.281. The molecule has 5 heteroatoms. The maximum Gasteiger partial charge on any atom is 0.275 e. The smallest absolute Gasteiger partial charge is 0.275 e. The van der Waals surface area contributed by atoms with Crippen molar-refractivity contribution in [1.29, 1.82) is 0 Å². The van der Waals surface area contributed by atoms with E-state index >= 15 is 0 Å². The van der Waals surface area contributed by atoms with E-state index in [4.69, 9.17) is 0 Å². The summed E-state index contributed by atoms with van der Waals surface area (Å²) in [7, 11) is 0. The van der Waals surface area contributed by atoms with E-state index in [2.05, 4.69) is 26.2 Å². The Morgan fingerprint density at radius 1 is 1.09 bits per heavy atom. The summed E-state index contributed by atoms with van der Waals surface area (Å²) in [6.45, 7) is 0. The maximum absolute atomic E-state index is 12.9. The maximum atomic E-state index is 12.9. The third kappa shape index (κ3) is 3.49. The standard InChI is InChI=1S/C17H12BrFN2O/c18-13-5-1-11(2-6-13)9-15-17(22)21-16(20-15)10-12-3-7-14(19)8-4-12/h1-9H,10H2,(H,20,21,22)/b15-9+. The van der Waals surface area contributed by atoms with Crippen LogP contribution in [0.2, 0.25) is 0 Å². The summed E-state index contributed by atoms with van der Waals surface area (Å²) in [6, 6.07) is 13.8. The first-order valence-electron chi connectivity index (χ1n) is 6.71. The molecule has 1 aliphatic rings. The first-order valence-corrected chi connectivity index (χ1v) is 7.50. The zero-order valence-corrected chi connectivity index (χ0v) is 13.1. The molecule has 3 nitrogen and oxygen atoms in total. The van der Waals surface area contributed by atoms with Gasteiger partial charge in [0, 0.05) is 10.9 Å². The van der Waals surface area contributed by atoms with Crippen molar-refractivity contribution >= 4 is 33.7 Å². The molecule has 1 N–H and O–H groups in total. The summed E-state index contributed by atoms with van der Waals surface area (Å²) in [4.78, 5) is 16.3. The van der Waals surface area contributed by atoms with Gasteiger partial charge in [0.25, 0.3) is 5.91 Å². The first-order chi connectivity index (χ1) is 10.6. The third-order valence-corrected chi connectivity index (χ3v) is 3.73. The number of halogens is 2. The van der Waals surface area contributed by atoms with Crippen LogP contribution in [-0.2, 0) is 11.2 Å². The molecule has 0 atom stereocenters. The normalized spacial score (nSPS) is 15.8. The van der Waals surface area contributed by atoms with Crippen molar-refractivity contribution in [2.24, 2.45) is 4.99 Å². The molecule has 1 heterocycles. The molecule has 110 valence electrons. The van der Waals surface area contributed by atoms with Crippen molar-refractivity contribution in [2.75, 3.05) is 0 Å². The third-order valence-electron chi connectivity index (χ3n) is 3.20. The van der Waals surface area contributed by atoms with Gasteiger partial charge in [-0.3, -0.25) is 4.79 Å². The van der Waals surface area contributed by atoms with E-state index in [0.29, 0.717) is 18.0 Å². The molecule has 0 fully saturated rings. The highest BCUT2D eigenvalue weighted by Crippen LogP contribution is 2.16. The highest BCUT2D eigenvalue weighted by atomic mass is 79.9. The minimum absolute atomic E-state index is 0.222. The number of amidine groups is 1. The largest absolute Gasteiger partial charge is 0.308 e. The Balaban J connectivity index is 1.79. The van der Waals surface area contributed by atoms with Gasteiger partial charge in [0.05, 0.1) is 0 Å². The number of hydrogen-bond donors (Lipinski definition) is 1. The fraction of sp³-hybridized carbons (Fsp3) is 0.0588. The number of benzene rings is 2. The molecule has 0 radical (unpaired) electrons. The summed E-state index contributed by atoms with van der Waals surface area (Å²) in [5.74, 6) is 0.0666. The lowest BCUT2D eigenvalue weighted by Crippen LogP contribution is -2.25. The summed E-state index contributed by atoms with van der Waals surface area (Å²) in [6.07, 6.45) is 2.20. The van der Waals surface area contributed by atoms with Gasteiger partial charge >= 0.3 is 0 Å². The van der Waals surface area contributed by atoms with Crippen LogP contribution >= 0.6 is 15.9 Å². The van der Waals surface area contributed by atoms with Crippen LogP contribution in [0.15, 0.2) is 63.7 Å². The summed E-state index contributed by atoms with van der Waals surface area (Å²) >= 11 is 3.37. The Morgan fingerprint density at radius 3 is 2.45 bits per heavy atom. The number of amides is 1. The van der Waals surface area contributed by atoms with Crippen LogP contribution in [-0.4, -0.2) is 11.7 Å². The van der Waals surface area contributed by atoms with Crippen molar-refractivity contribution in [3.05, 3.63) is 75.6 Å². The van der Waals surface area contributed by atoms with E-state index in [9.17, 15) is 9.18 Å². The molecule has 0 aromatic heterocycles. The second-order valence-electron chi connectivity index (χ2n) is 4.90. The van der Waals surface area contributed by atoms with Crippen molar-refractivity contribution in [3.8, 4) is 0 Å². The molecule has 2 aromatic carbocycles. The molecular formula is C17H12BrFN2O. The lowest BCUT2D eigenvalue weighted by atomic mass is 10.1. The van der Waals surface area contributed by atoms with Gasteiger partial charge in [-0.25, -0.2) is 9.38 Å². The van der Waals surface area contributed by atoms with E-state index in [1.165, 1.54) is 12.1 Å². The number of aliphatic imine (C=N–C) groups is 1. The Bertz CT molecular complexity index is 764. The highest BCUT2D eigenvalue weighted by molar-refractivity contribution is 9.10. The van der Waals surface area contributed by atoms with Crippen molar-refractivity contribution in [3.63, 3.8) is 0 Å².